The van der Waals surface area contributed by atoms with Crippen molar-refractivity contribution in [2.75, 3.05) is 26.2 Å². The van der Waals surface area contributed by atoms with Crippen LogP contribution in [0.25, 0.3) is 0 Å². The summed E-state index contributed by atoms with van der Waals surface area (Å²) in [5.41, 5.74) is 0. The average molecular weight is 286 g/mol. The Morgan fingerprint density at radius 1 is 0.947 bits per heavy atom. The van der Waals surface area contributed by atoms with E-state index in [1.807, 2.05) is 11.8 Å². The highest BCUT2D eigenvalue weighted by Gasteiger charge is 2.27. The second-order valence-electron chi connectivity index (χ2n) is 5.56. The van der Waals surface area contributed by atoms with Crippen molar-refractivity contribution in [3.05, 3.63) is 0 Å². The second kappa shape index (κ2) is 7.17. The van der Waals surface area contributed by atoms with E-state index >= 15 is 0 Å². The fourth-order valence-corrected chi connectivity index (χ4v) is 3.26. The minimum Gasteiger partial charge on any atom is -0.339 e. The van der Waals surface area contributed by atoms with Crippen LogP contribution >= 0.6 is 11.8 Å². The molecule has 0 spiro atoms. The summed E-state index contributed by atoms with van der Waals surface area (Å²) in [7, 11) is 0. The summed E-state index contributed by atoms with van der Waals surface area (Å²) in [6.45, 7) is 12.8. The van der Waals surface area contributed by atoms with Gasteiger partial charge in [0.2, 0.25) is 11.8 Å². The Bertz CT molecular complexity index is 325. The van der Waals surface area contributed by atoms with Gasteiger partial charge in [0.25, 0.3) is 0 Å². The lowest BCUT2D eigenvalue weighted by Gasteiger charge is -2.35. The number of thioether (sulfide) groups is 1. The molecule has 0 saturated carbocycles. The van der Waals surface area contributed by atoms with Gasteiger partial charge in [-0.05, 0) is 12.8 Å². The standard InChI is InChI=1S/C14H26N2O2S/c1-10(2)11(3)19-12(4)14(18)16-8-6-15(7-9-16)13(5)17/h10-12H,6-9H2,1-5H3/t11-,12+/m1/s1. The molecule has 0 aromatic carbocycles. The summed E-state index contributed by atoms with van der Waals surface area (Å²) < 4.78 is 0. The van der Waals surface area contributed by atoms with Crippen LogP contribution in [0.2, 0.25) is 0 Å². The van der Waals surface area contributed by atoms with Gasteiger partial charge < -0.3 is 9.80 Å². The molecule has 1 saturated heterocycles. The van der Waals surface area contributed by atoms with E-state index in [4.69, 9.17) is 0 Å². The van der Waals surface area contributed by atoms with Gasteiger partial charge in [-0.25, -0.2) is 0 Å². The molecule has 2 amide bonds. The number of rotatable bonds is 4. The van der Waals surface area contributed by atoms with E-state index < -0.39 is 0 Å². The maximum Gasteiger partial charge on any atom is 0.235 e. The molecule has 0 aromatic heterocycles. The molecule has 1 rings (SSSR count). The topological polar surface area (TPSA) is 40.6 Å². The largest absolute Gasteiger partial charge is 0.339 e. The SMILES string of the molecule is CC(=O)N1CCN(C(=O)[C@H](C)S[C@H](C)C(C)C)CC1. The number of carbonyl (C=O) groups is 2. The molecule has 0 aromatic rings. The van der Waals surface area contributed by atoms with Gasteiger partial charge in [0.1, 0.15) is 0 Å². The van der Waals surface area contributed by atoms with Gasteiger partial charge in [-0.15, -0.1) is 11.8 Å². The molecule has 1 aliphatic heterocycles. The van der Waals surface area contributed by atoms with Gasteiger partial charge in [0, 0.05) is 38.4 Å². The minimum atomic E-state index is 0.00118. The number of piperazine rings is 1. The zero-order valence-electron chi connectivity index (χ0n) is 12.7. The molecule has 0 aliphatic carbocycles. The van der Waals surface area contributed by atoms with Crippen LogP contribution in [0.4, 0.5) is 0 Å². The molecule has 19 heavy (non-hydrogen) atoms. The van der Waals surface area contributed by atoms with Crippen LogP contribution in [0.5, 0.6) is 0 Å². The lowest BCUT2D eigenvalue weighted by molar-refractivity contribution is -0.137. The summed E-state index contributed by atoms with van der Waals surface area (Å²) in [5, 5.41) is 0.485. The van der Waals surface area contributed by atoms with Crippen molar-refractivity contribution in [2.45, 2.75) is 45.1 Å². The van der Waals surface area contributed by atoms with Crippen LogP contribution in [0.1, 0.15) is 34.6 Å². The second-order valence-corrected chi connectivity index (χ2v) is 7.28. The molecule has 110 valence electrons. The fraction of sp³-hybridized carbons (Fsp3) is 0.857. The zero-order valence-corrected chi connectivity index (χ0v) is 13.5. The van der Waals surface area contributed by atoms with Crippen molar-refractivity contribution in [1.29, 1.82) is 0 Å². The van der Waals surface area contributed by atoms with E-state index in [-0.39, 0.29) is 17.1 Å². The molecular weight excluding hydrogens is 260 g/mol. The summed E-state index contributed by atoms with van der Waals surface area (Å²) in [4.78, 5) is 27.3. The zero-order chi connectivity index (χ0) is 14.6. The molecule has 0 N–H and O–H groups in total. The number of hydrogen-bond donors (Lipinski definition) is 0. The van der Waals surface area contributed by atoms with E-state index in [0.29, 0.717) is 37.3 Å². The van der Waals surface area contributed by atoms with Crippen LogP contribution < -0.4 is 0 Å². The van der Waals surface area contributed by atoms with E-state index in [1.165, 1.54) is 0 Å². The normalized spacial score (nSPS) is 19.5. The summed E-state index contributed by atoms with van der Waals surface area (Å²) >= 11 is 1.74. The molecule has 5 heteroatoms. The highest BCUT2D eigenvalue weighted by Crippen LogP contribution is 2.25. The lowest BCUT2D eigenvalue weighted by atomic mass is 10.2. The first kappa shape index (κ1) is 16.3. The summed E-state index contributed by atoms with van der Waals surface area (Å²) in [5.74, 6) is 0.887. The van der Waals surface area contributed by atoms with Gasteiger partial charge in [0.05, 0.1) is 5.25 Å². The average Bonchev–Trinajstić information content (AvgIpc) is 2.37. The van der Waals surface area contributed by atoms with E-state index in [1.54, 1.807) is 23.6 Å². The quantitative estimate of drug-likeness (QED) is 0.792. The predicted molar refractivity (Wildman–Crippen MR) is 80.2 cm³/mol. The Kier molecular flexibility index (Phi) is 6.17. The molecule has 0 bridgehead atoms. The Balaban J connectivity index is 2.44. The molecule has 1 heterocycles. The molecular formula is C14H26N2O2S. The third-order valence-corrected chi connectivity index (χ3v) is 5.33. The first-order valence-corrected chi connectivity index (χ1v) is 7.97. The first-order valence-electron chi connectivity index (χ1n) is 7.02. The van der Waals surface area contributed by atoms with Crippen molar-refractivity contribution >= 4 is 23.6 Å². The first-order chi connectivity index (χ1) is 8.82. The van der Waals surface area contributed by atoms with Crippen LogP contribution in [-0.4, -0.2) is 58.3 Å². The van der Waals surface area contributed by atoms with Crippen molar-refractivity contribution in [2.24, 2.45) is 5.92 Å². The van der Waals surface area contributed by atoms with Crippen molar-refractivity contribution in [3.63, 3.8) is 0 Å². The molecule has 0 radical (unpaired) electrons. The molecule has 0 unspecified atom stereocenters. The third-order valence-electron chi connectivity index (χ3n) is 3.74. The third kappa shape index (κ3) is 4.71. The highest BCUT2D eigenvalue weighted by atomic mass is 32.2. The van der Waals surface area contributed by atoms with E-state index in [2.05, 4.69) is 20.8 Å². The number of nitrogens with zero attached hydrogens (tertiary/aromatic N) is 2. The smallest absolute Gasteiger partial charge is 0.235 e. The van der Waals surface area contributed by atoms with E-state index in [9.17, 15) is 9.59 Å². The van der Waals surface area contributed by atoms with Gasteiger partial charge in [-0.3, -0.25) is 9.59 Å². The maximum atomic E-state index is 12.3. The number of hydrogen-bond acceptors (Lipinski definition) is 3. The van der Waals surface area contributed by atoms with Crippen LogP contribution in [-0.2, 0) is 9.59 Å². The van der Waals surface area contributed by atoms with Gasteiger partial charge in [0.15, 0.2) is 0 Å². The summed E-state index contributed by atoms with van der Waals surface area (Å²) in [6.07, 6.45) is 0. The maximum absolute atomic E-state index is 12.3. The van der Waals surface area contributed by atoms with Crippen molar-refractivity contribution in [3.8, 4) is 0 Å². The molecule has 2 atom stereocenters. The van der Waals surface area contributed by atoms with Crippen LogP contribution in [0, 0.1) is 5.92 Å². The summed E-state index contributed by atoms with van der Waals surface area (Å²) in [6, 6.07) is 0. The van der Waals surface area contributed by atoms with Gasteiger partial charge in [-0.1, -0.05) is 20.8 Å². The Morgan fingerprint density at radius 2 is 1.42 bits per heavy atom. The Labute approximate surface area is 120 Å². The monoisotopic (exact) mass is 286 g/mol. The van der Waals surface area contributed by atoms with Gasteiger partial charge >= 0.3 is 0 Å². The molecule has 4 nitrogen and oxygen atoms in total. The van der Waals surface area contributed by atoms with Crippen molar-refractivity contribution in [1.82, 2.24) is 9.80 Å². The fourth-order valence-electron chi connectivity index (χ4n) is 2.04. The number of carbonyl (C=O) groups excluding carboxylic acids is 2. The van der Waals surface area contributed by atoms with Crippen molar-refractivity contribution < 1.29 is 9.59 Å². The highest BCUT2D eigenvalue weighted by molar-refractivity contribution is 8.01. The Hall–Kier alpha value is -0.710. The number of amides is 2. The predicted octanol–water partition coefficient (Wildman–Crippen LogP) is 1.84. The lowest BCUT2D eigenvalue weighted by Crippen LogP contribution is -2.51. The van der Waals surface area contributed by atoms with Gasteiger partial charge in [-0.2, -0.15) is 0 Å². The molecule has 1 aliphatic rings. The minimum absolute atomic E-state index is 0.00118. The van der Waals surface area contributed by atoms with E-state index in [0.717, 1.165) is 0 Å². The Morgan fingerprint density at radius 3 is 1.84 bits per heavy atom. The molecule has 1 fully saturated rings. The van der Waals surface area contributed by atoms with Crippen LogP contribution in [0.15, 0.2) is 0 Å². The van der Waals surface area contributed by atoms with Crippen LogP contribution in [0.3, 0.4) is 0 Å².